The van der Waals surface area contributed by atoms with Crippen molar-refractivity contribution in [1.29, 1.82) is 0 Å². The number of rotatable bonds is 5. The SMILES string of the molecule is CN1CCN(CC/C=C\c2ccc(C=O)cc2)CC1. The summed E-state index contributed by atoms with van der Waals surface area (Å²) in [6, 6.07) is 7.67. The summed E-state index contributed by atoms with van der Waals surface area (Å²) in [6.45, 7) is 5.85. The molecule has 1 fully saturated rings. The number of hydrogen-bond donors (Lipinski definition) is 0. The number of benzene rings is 1. The third-order valence-electron chi connectivity index (χ3n) is 3.59. The molecule has 1 aromatic carbocycles. The minimum Gasteiger partial charge on any atom is -0.304 e. The van der Waals surface area contributed by atoms with Crippen LogP contribution in [0.25, 0.3) is 6.08 Å². The van der Waals surface area contributed by atoms with Gasteiger partial charge in [-0.15, -0.1) is 0 Å². The van der Waals surface area contributed by atoms with Crippen molar-refractivity contribution >= 4 is 12.4 Å². The molecule has 0 atom stereocenters. The Morgan fingerprint density at radius 3 is 2.32 bits per heavy atom. The first kappa shape index (κ1) is 14.0. The van der Waals surface area contributed by atoms with Crippen molar-refractivity contribution in [2.24, 2.45) is 0 Å². The average molecular weight is 258 g/mol. The summed E-state index contributed by atoms with van der Waals surface area (Å²) in [4.78, 5) is 15.4. The summed E-state index contributed by atoms with van der Waals surface area (Å²) >= 11 is 0. The second-order valence-corrected chi connectivity index (χ2v) is 5.12. The molecule has 1 aliphatic rings. The van der Waals surface area contributed by atoms with Gasteiger partial charge >= 0.3 is 0 Å². The van der Waals surface area contributed by atoms with Gasteiger partial charge in [0.1, 0.15) is 6.29 Å². The molecule has 1 saturated heterocycles. The van der Waals surface area contributed by atoms with Gasteiger partial charge in [0, 0.05) is 38.3 Å². The zero-order valence-electron chi connectivity index (χ0n) is 11.6. The summed E-state index contributed by atoms with van der Waals surface area (Å²) in [5.41, 5.74) is 1.89. The van der Waals surface area contributed by atoms with Crippen molar-refractivity contribution in [3.8, 4) is 0 Å². The number of likely N-dealkylation sites (N-methyl/N-ethyl adjacent to an activating group) is 1. The third kappa shape index (κ3) is 4.62. The molecule has 1 aliphatic heterocycles. The quantitative estimate of drug-likeness (QED) is 0.756. The van der Waals surface area contributed by atoms with E-state index in [4.69, 9.17) is 0 Å². The first-order valence-corrected chi connectivity index (χ1v) is 6.90. The number of carbonyl (C=O) groups excluding carboxylic acids is 1. The number of aldehydes is 1. The van der Waals surface area contributed by atoms with Crippen LogP contribution in [0.1, 0.15) is 22.3 Å². The molecule has 0 unspecified atom stereocenters. The maximum absolute atomic E-state index is 10.5. The van der Waals surface area contributed by atoms with Crippen molar-refractivity contribution < 1.29 is 4.79 Å². The van der Waals surface area contributed by atoms with E-state index in [0.717, 1.165) is 30.4 Å². The highest BCUT2D eigenvalue weighted by molar-refractivity contribution is 5.75. The minimum atomic E-state index is 0.731. The molecule has 3 nitrogen and oxygen atoms in total. The van der Waals surface area contributed by atoms with Crippen LogP contribution in [0.4, 0.5) is 0 Å². The Hall–Kier alpha value is -1.45. The molecule has 0 N–H and O–H groups in total. The molecular weight excluding hydrogens is 236 g/mol. The van der Waals surface area contributed by atoms with Crippen LogP contribution in [0.15, 0.2) is 30.3 Å². The fraction of sp³-hybridized carbons (Fsp3) is 0.438. The maximum Gasteiger partial charge on any atom is 0.150 e. The van der Waals surface area contributed by atoms with Gasteiger partial charge < -0.3 is 9.80 Å². The minimum absolute atomic E-state index is 0.731. The van der Waals surface area contributed by atoms with Gasteiger partial charge in [0.2, 0.25) is 0 Å². The summed E-state index contributed by atoms with van der Waals surface area (Å²) in [7, 11) is 2.18. The molecule has 1 heterocycles. The zero-order chi connectivity index (χ0) is 13.5. The summed E-state index contributed by atoms with van der Waals surface area (Å²) in [5.74, 6) is 0. The van der Waals surface area contributed by atoms with E-state index in [-0.39, 0.29) is 0 Å². The Balaban J connectivity index is 1.72. The average Bonchev–Trinajstić information content (AvgIpc) is 2.46. The Kier molecular flexibility index (Phi) is 5.31. The van der Waals surface area contributed by atoms with Gasteiger partial charge in [-0.25, -0.2) is 0 Å². The Morgan fingerprint density at radius 1 is 1.05 bits per heavy atom. The molecule has 0 saturated carbocycles. The molecule has 1 aromatic rings. The summed E-state index contributed by atoms with van der Waals surface area (Å²) in [6.07, 6.45) is 6.30. The van der Waals surface area contributed by atoms with Crippen LogP contribution in [0.5, 0.6) is 0 Å². The maximum atomic E-state index is 10.5. The number of nitrogens with zero attached hydrogens (tertiary/aromatic N) is 2. The number of piperazine rings is 1. The predicted octanol–water partition coefficient (Wildman–Crippen LogP) is 2.15. The molecule has 3 heteroatoms. The van der Waals surface area contributed by atoms with E-state index in [1.54, 1.807) is 0 Å². The predicted molar refractivity (Wildman–Crippen MR) is 79.4 cm³/mol. The molecule has 19 heavy (non-hydrogen) atoms. The lowest BCUT2D eigenvalue weighted by Gasteiger charge is -2.31. The fourth-order valence-corrected chi connectivity index (χ4v) is 2.23. The molecule has 0 aliphatic carbocycles. The van der Waals surface area contributed by atoms with Crippen LogP contribution in [0.2, 0.25) is 0 Å². The van der Waals surface area contributed by atoms with Crippen molar-refractivity contribution in [2.75, 3.05) is 39.8 Å². The zero-order valence-corrected chi connectivity index (χ0v) is 11.6. The molecule has 2 rings (SSSR count). The van der Waals surface area contributed by atoms with Crippen molar-refractivity contribution in [2.45, 2.75) is 6.42 Å². The Morgan fingerprint density at radius 2 is 1.68 bits per heavy atom. The molecule has 0 amide bonds. The molecule has 0 spiro atoms. The van der Waals surface area contributed by atoms with Crippen LogP contribution in [0.3, 0.4) is 0 Å². The highest BCUT2D eigenvalue weighted by Gasteiger charge is 2.11. The van der Waals surface area contributed by atoms with E-state index < -0.39 is 0 Å². The van der Waals surface area contributed by atoms with Gasteiger partial charge in [0.15, 0.2) is 0 Å². The Bertz CT molecular complexity index is 417. The second kappa shape index (κ2) is 7.22. The summed E-state index contributed by atoms with van der Waals surface area (Å²) < 4.78 is 0. The van der Waals surface area contributed by atoms with Crippen LogP contribution < -0.4 is 0 Å². The van der Waals surface area contributed by atoms with E-state index in [2.05, 4.69) is 29.0 Å². The second-order valence-electron chi connectivity index (χ2n) is 5.12. The molecule has 102 valence electrons. The molecule has 0 bridgehead atoms. The normalized spacial score (nSPS) is 17.9. The fourth-order valence-electron chi connectivity index (χ4n) is 2.23. The van der Waals surface area contributed by atoms with Crippen molar-refractivity contribution in [1.82, 2.24) is 9.80 Å². The smallest absolute Gasteiger partial charge is 0.150 e. The lowest BCUT2D eigenvalue weighted by molar-refractivity contribution is 0.112. The third-order valence-corrected chi connectivity index (χ3v) is 3.59. The van der Waals surface area contributed by atoms with E-state index in [1.807, 2.05) is 24.3 Å². The van der Waals surface area contributed by atoms with Crippen molar-refractivity contribution in [3.63, 3.8) is 0 Å². The van der Waals surface area contributed by atoms with E-state index in [9.17, 15) is 4.79 Å². The molecule has 0 radical (unpaired) electrons. The van der Waals surface area contributed by atoms with Crippen LogP contribution >= 0.6 is 0 Å². The summed E-state index contributed by atoms with van der Waals surface area (Å²) in [5, 5.41) is 0. The highest BCUT2D eigenvalue weighted by atomic mass is 16.1. The van der Waals surface area contributed by atoms with Crippen LogP contribution in [0, 0.1) is 0 Å². The number of hydrogen-bond acceptors (Lipinski definition) is 3. The Labute approximate surface area is 115 Å². The lowest BCUT2D eigenvalue weighted by Crippen LogP contribution is -2.44. The van der Waals surface area contributed by atoms with Gasteiger partial charge in [0.05, 0.1) is 0 Å². The molecular formula is C16H22N2O. The van der Waals surface area contributed by atoms with Crippen LogP contribution in [-0.4, -0.2) is 55.9 Å². The monoisotopic (exact) mass is 258 g/mol. The lowest BCUT2D eigenvalue weighted by atomic mass is 10.1. The highest BCUT2D eigenvalue weighted by Crippen LogP contribution is 2.06. The van der Waals surface area contributed by atoms with E-state index >= 15 is 0 Å². The van der Waals surface area contributed by atoms with Gasteiger partial charge in [-0.3, -0.25) is 4.79 Å². The molecule has 0 aromatic heterocycles. The van der Waals surface area contributed by atoms with Gasteiger partial charge in [-0.05, 0) is 19.0 Å². The van der Waals surface area contributed by atoms with E-state index in [0.29, 0.717) is 0 Å². The van der Waals surface area contributed by atoms with Crippen LogP contribution in [-0.2, 0) is 0 Å². The van der Waals surface area contributed by atoms with Gasteiger partial charge in [-0.2, -0.15) is 0 Å². The number of carbonyl (C=O) groups is 1. The van der Waals surface area contributed by atoms with Crippen molar-refractivity contribution in [3.05, 3.63) is 41.5 Å². The van der Waals surface area contributed by atoms with Gasteiger partial charge in [-0.1, -0.05) is 36.4 Å². The standard InChI is InChI=1S/C16H22N2O/c1-17-10-12-18(13-11-17)9-3-2-4-15-5-7-16(14-19)8-6-15/h2,4-8,14H,3,9-13H2,1H3/b4-2-. The van der Waals surface area contributed by atoms with Gasteiger partial charge in [0.25, 0.3) is 0 Å². The first-order chi connectivity index (χ1) is 9.28. The van der Waals surface area contributed by atoms with E-state index in [1.165, 1.54) is 26.2 Å². The topological polar surface area (TPSA) is 23.6 Å². The first-order valence-electron chi connectivity index (χ1n) is 6.90. The largest absolute Gasteiger partial charge is 0.304 e.